The third-order valence-electron chi connectivity index (χ3n) is 4.34. The minimum atomic E-state index is -0.145. The van der Waals surface area contributed by atoms with E-state index >= 15 is 0 Å². The van der Waals surface area contributed by atoms with E-state index in [1.165, 1.54) is 4.90 Å². The van der Waals surface area contributed by atoms with Gasteiger partial charge < -0.3 is 4.74 Å². The van der Waals surface area contributed by atoms with Gasteiger partial charge in [-0.25, -0.2) is 0 Å². The maximum Gasteiger partial charge on any atom is 0.261 e. The summed E-state index contributed by atoms with van der Waals surface area (Å²) in [6, 6.07) is 7.06. The number of benzene rings is 1. The molecule has 2 aliphatic rings. The first-order valence-electron chi connectivity index (χ1n) is 8.03. The molecule has 2 heterocycles. The maximum atomic E-state index is 12.2. The highest BCUT2D eigenvalue weighted by atomic mass is 16.5. The molecule has 1 saturated heterocycles. The second-order valence-corrected chi connectivity index (χ2v) is 5.82. The normalized spacial score (nSPS) is 18.8. The quantitative estimate of drug-likeness (QED) is 0.594. The molecule has 1 fully saturated rings. The number of rotatable bonds is 6. The molecule has 22 heavy (non-hydrogen) atoms. The number of hydrogen-bond donors (Lipinski definition) is 0. The van der Waals surface area contributed by atoms with Gasteiger partial charge in [0.05, 0.1) is 24.3 Å². The molecule has 0 spiro atoms. The molecule has 0 N–H and O–H groups in total. The van der Waals surface area contributed by atoms with Crippen LogP contribution < -0.4 is 0 Å². The summed E-state index contributed by atoms with van der Waals surface area (Å²) in [4.78, 5) is 28.2. The molecular weight excluding hydrogens is 280 g/mol. The molecule has 5 nitrogen and oxygen atoms in total. The third kappa shape index (κ3) is 3.20. The van der Waals surface area contributed by atoms with Gasteiger partial charge in [0, 0.05) is 19.6 Å². The summed E-state index contributed by atoms with van der Waals surface area (Å²) in [5, 5.41) is 0. The molecular formula is C17H22N2O3. The van der Waals surface area contributed by atoms with Crippen LogP contribution in [0.3, 0.4) is 0 Å². The minimum absolute atomic E-state index is 0.145. The smallest absolute Gasteiger partial charge is 0.261 e. The highest BCUT2D eigenvalue weighted by Crippen LogP contribution is 2.22. The Kier molecular flexibility index (Phi) is 4.85. The van der Waals surface area contributed by atoms with Crippen LogP contribution in [0.1, 0.15) is 40.0 Å². The molecule has 5 heteroatoms. The first kappa shape index (κ1) is 15.2. The van der Waals surface area contributed by atoms with Crippen molar-refractivity contribution in [2.45, 2.75) is 19.3 Å². The highest BCUT2D eigenvalue weighted by Gasteiger charge is 2.34. The Morgan fingerprint density at radius 1 is 0.864 bits per heavy atom. The Morgan fingerprint density at radius 3 is 2.09 bits per heavy atom. The standard InChI is InChI=1S/C17H22N2O3/c20-16-14-6-2-3-7-15(14)17(21)19(16)9-5-1-4-8-18-10-12-22-13-11-18/h2-3,6-7H,1,4-5,8-13H2. The SMILES string of the molecule is O=C1c2ccccc2C(=O)N1CCCCCN1CCOCC1. The van der Waals surface area contributed by atoms with E-state index in [-0.39, 0.29) is 11.8 Å². The molecule has 2 amide bonds. The number of fused-ring (bicyclic) bond motifs is 1. The zero-order chi connectivity index (χ0) is 15.4. The Labute approximate surface area is 130 Å². The van der Waals surface area contributed by atoms with E-state index in [4.69, 9.17) is 4.74 Å². The summed E-state index contributed by atoms with van der Waals surface area (Å²) >= 11 is 0. The van der Waals surface area contributed by atoms with Gasteiger partial charge in [0.25, 0.3) is 11.8 Å². The van der Waals surface area contributed by atoms with E-state index in [1.807, 2.05) is 0 Å². The first-order chi connectivity index (χ1) is 10.8. The number of morpholine rings is 1. The monoisotopic (exact) mass is 302 g/mol. The fraction of sp³-hybridized carbons (Fsp3) is 0.529. The van der Waals surface area contributed by atoms with Crippen molar-refractivity contribution >= 4 is 11.8 Å². The molecule has 0 bridgehead atoms. The number of carbonyl (C=O) groups excluding carboxylic acids is 2. The second kappa shape index (κ2) is 7.03. The van der Waals surface area contributed by atoms with Crippen LogP contribution in [0.15, 0.2) is 24.3 Å². The second-order valence-electron chi connectivity index (χ2n) is 5.82. The van der Waals surface area contributed by atoms with E-state index < -0.39 is 0 Å². The van der Waals surface area contributed by atoms with Crippen molar-refractivity contribution in [2.24, 2.45) is 0 Å². The first-order valence-corrected chi connectivity index (χ1v) is 8.03. The van der Waals surface area contributed by atoms with Crippen LogP contribution in [-0.4, -0.2) is 61.0 Å². The molecule has 0 radical (unpaired) electrons. The number of unbranched alkanes of at least 4 members (excludes halogenated alkanes) is 2. The van der Waals surface area contributed by atoms with Gasteiger partial charge in [-0.1, -0.05) is 18.6 Å². The van der Waals surface area contributed by atoms with Gasteiger partial charge in [-0.2, -0.15) is 0 Å². The third-order valence-corrected chi connectivity index (χ3v) is 4.34. The van der Waals surface area contributed by atoms with Crippen LogP contribution in [0.25, 0.3) is 0 Å². The molecule has 0 unspecified atom stereocenters. The van der Waals surface area contributed by atoms with Gasteiger partial charge in [-0.3, -0.25) is 19.4 Å². The van der Waals surface area contributed by atoms with Gasteiger partial charge in [0.2, 0.25) is 0 Å². The van der Waals surface area contributed by atoms with Crippen LogP contribution >= 0.6 is 0 Å². The summed E-state index contributed by atoms with van der Waals surface area (Å²) in [7, 11) is 0. The number of nitrogens with zero attached hydrogens (tertiary/aromatic N) is 2. The summed E-state index contributed by atoms with van der Waals surface area (Å²) in [6.45, 7) is 5.28. The number of amides is 2. The molecule has 3 rings (SSSR count). The number of carbonyl (C=O) groups is 2. The van der Waals surface area contributed by atoms with Crippen molar-refractivity contribution in [2.75, 3.05) is 39.4 Å². The van der Waals surface area contributed by atoms with Gasteiger partial charge in [0.1, 0.15) is 0 Å². The summed E-state index contributed by atoms with van der Waals surface area (Å²) in [6.07, 6.45) is 3.00. The average molecular weight is 302 g/mol. The number of ether oxygens (including phenoxy) is 1. The van der Waals surface area contributed by atoms with E-state index in [9.17, 15) is 9.59 Å². The Morgan fingerprint density at radius 2 is 1.45 bits per heavy atom. The van der Waals surface area contributed by atoms with Crippen LogP contribution in [-0.2, 0) is 4.74 Å². The van der Waals surface area contributed by atoms with Crippen LogP contribution in [0.4, 0.5) is 0 Å². The molecule has 2 aliphatic heterocycles. The van der Waals surface area contributed by atoms with Crippen molar-refractivity contribution in [1.29, 1.82) is 0 Å². The number of imide groups is 1. The lowest BCUT2D eigenvalue weighted by atomic mass is 10.1. The average Bonchev–Trinajstić information content (AvgIpc) is 2.81. The number of hydrogen-bond acceptors (Lipinski definition) is 4. The molecule has 0 saturated carbocycles. The lowest BCUT2D eigenvalue weighted by molar-refractivity contribution is 0.0370. The van der Waals surface area contributed by atoms with Crippen molar-refractivity contribution in [3.05, 3.63) is 35.4 Å². The van der Waals surface area contributed by atoms with Crippen LogP contribution in [0.5, 0.6) is 0 Å². The highest BCUT2D eigenvalue weighted by molar-refractivity contribution is 6.21. The minimum Gasteiger partial charge on any atom is -0.379 e. The topological polar surface area (TPSA) is 49.9 Å². The van der Waals surface area contributed by atoms with E-state index in [0.717, 1.165) is 52.1 Å². The zero-order valence-electron chi connectivity index (χ0n) is 12.8. The van der Waals surface area contributed by atoms with Gasteiger partial charge in [-0.15, -0.1) is 0 Å². The lowest BCUT2D eigenvalue weighted by Gasteiger charge is -2.26. The summed E-state index contributed by atoms with van der Waals surface area (Å²) in [5.41, 5.74) is 1.08. The van der Waals surface area contributed by atoms with Crippen LogP contribution in [0, 0.1) is 0 Å². The summed E-state index contributed by atoms with van der Waals surface area (Å²) in [5.74, 6) is -0.289. The zero-order valence-corrected chi connectivity index (χ0v) is 12.8. The van der Waals surface area contributed by atoms with Crippen molar-refractivity contribution < 1.29 is 14.3 Å². The summed E-state index contributed by atoms with van der Waals surface area (Å²) < 4.78 is 5.33. The predicted molar refractivity (Wildman–Crippen MR) is 82.9 cm³/mol. The lowest BCUT2D eigenvalue weighted by Crippen LogP contribution is -2.36. The van der Waals surface area contributed by atoms with E-state index in [0.29, 0.717) is 17.7 Å². The largest absolute Gasteiger partial charge is 0.379 e. The van der Waals surface area contributed by atoms with Crippen molar-refractivity contribution in [3.8, 4) is 0 Å². The fourth-order valence-electron chi connectivity index (χ4n) is 3.05. The Bertz CT molecular complexity index is 518. The van der Waals surface area contributed by atoms with Gasteiger partial charge in [0.15, 0.2) is 0 Å². The van der Waals surface area contributed by atoms with E-state index in [1.54, 1.807) is 24.3 Å². The molecule has 0 aromatic heterocycles. The molecule has 0 atom stereocenters. The molecule has 118 valence electrons. The Balaban J connectivity index is 1.41. The van der Waals surface area contributed by atoms with Crippen molar-refractivity contribution in [1.82, 2.24) is 9.80 Å². The molecule has 1 aromatic carbocycles. The predicted octanol–water partition coefficient (Wildman–Crippen LogP) is 1.79. The fourth-order valence-corrected chi connectivity index (χ4v) is 3.05. The van der Waals surface area contributed by atoms with Gasteiger partial charge >= 0.3 is 0 Å². The van der Waals surface area contributed by atoms with Gasteiger partial charge in [-0.05, 0) is 31.5 Å². The van der Waals surface area contributed by atoms with Crippen molar-refractivity contribution in [3.63, 3.8) is 0 Å². The molecule has 1 aromatic rings. The molecule has 0 aliphatic carbocycles. The van der Waals surface area contributed by atoms with E-state index in [2.05, 4.69) is 4.90 Å². The Hall–Kier alpha value is -1.72. The maximum absolute atomic E-state index is 12.2. The van der Waals surface area contributed by atoms with Crippen LogP contribution in [0.2, 0.25) is 0 Å².